The molecule has 0 radical (unpaired) electrons. The maximum Gasteiger partial charge on any atom is 0.241 e. The van der Waals surface area contributed by atoms with E-state index in [2.05, 4.69) is 16.2 Å². The zero-order chi connectivity index (χ0) is 17.8. The van der Waals surface area contributed by atoms with Gasteiger partial charge >= 0.3 is 0 Å². The van der Waals surface area contributed by atoms with Gasteiger partial charge in [0.05, 0.1) is 12.7 Å². The fraction of sp³-hybridized carbons (Fsp3) is 0.529. The second kappa shape index (κ2) is 11.8. The van der Waals surface area contributed by atoms with Crippen molar-refractivity contribution in [1.82, 2.24) is 10.9 Å². The molecule has 0 aliphatic rings. The minimum absolute atomic E-state index is 0.204. The quantitative estimate of drug-likeness (QED) is 0.310. The molecule has 2 atom stereocenters. The van der Waals surface area contributed by atoms with E-state index < -0.39 is 6.10 Å². The van der Waals surface area contributed by atoms with Crippen LogP contribution in [0.3, 0.4) is 0 Å². The minimum Gasteiger partial charge on any atom is -0.391 e. The predicted molar refractivity (Wildman–Crippen MR) is 99.5 cm³/mol. The molecule has 0 heterocycles. The molecule has 7 heteroatoms. The zero-order valence-electron chi connectivity index (χ0n) is 14.2. The van der Waals surface area contributed by atoms with E-state index >= 15 is 0 Å². The van der Waals surface area contributed by atoms with Crippen molar-refractivity contribution < 1.29 is 14.6 Å². The first-order chi connectivity index (χ1) is 11.6. The monoisotopic (exact) mass is 353 g/mol. The van der Waals surface area contributed by atoms with Gasteiger partial charge < -0.3 is 15.2 Å². The molecule has 1 aromatic carbocycles. The van der Waals surface area contributed by atoms with E-state index in [1.165, 1.54) is 0 Å². The van der Waals surface area contributed by atoms with E-state index in [-0.39, 0.29) is 18.4 Å². The summed E-state index contributed by atoms with van der Waals surface area (Å²) in [4.78, 5) is 12.2. The maximum atomic E-state index is 12.2. The number of rotatable bonds is 9. The first-order valence-electron chi connectivity index (χ1n) is 8.24. The predicted octanol–water partition coefficient (Wildman–Crippen LogP) is 2.21. The molecule has 0 aliphatic carbocycles. The van der Waals surface area contributed by atoms with E-state index in [1.807, 2.05) is 44.2 Å². The largest absolute Gasteiger partial charge is 0.391 e. The first kappa shape index (κ1) is 20.3. The summed E-state index contributed by atoms with van der Waals surface area (Å²) in [6.45, 7) is 4.77. The van der Waals surface area contributed by atoms with Gasteiger partial charge in [0.2, 0.25) is 5.91 Å². The van der Waals surface area contributed by atoms with Gasteiger partial charge in [0, 0.05) is 18.2 Å². The first-order valence-corrected chi connectivity index (χ1v) is 8.65. The second-order valence-corrected chi connectivity index (χ2v) is 5.91. The third-order valence-electron chi connectivity index (χ3n) is 3.41. The number of aliphatic hydroxyl groups excluding tert-OH is 1. The highest BCUT2D eigenvalue weighted by Crippen LogP contribution is 2.12. The molecule has 0 saturated heterocycles. The summed E-state index contributed by atoms with van der Waals surface area (Å²) in [5.74, 6) is -0.512. The Labute approximate surface area is 148 Å². The molecular weight excluding hydrogens is 326 g/mol. The van der Waals surface area contributed by atoms with Crippen molar-refractivity contribution in [3.8, 4) is 0 Å². The lowest BCUT2D eigenvalue weighted by Gasteiger charge is -2.19. The Balaban J connectivity index is 2.34. The SMILES string of the molecule is CCCOC[C@@H](O)C[C@@H](CC)C(=O)NNC(=S)Nc1ccccc1. The highest BCUT2D eigenvalue weighted by molar-refractivity contribution is 7.80. The molecule has 0 aliphatic heterocycles. The summed E-state index contributed by atoms with van der Waals surface area (Å²) in [6, 6.07) is 9.43. The zero-order valence-corrected chi connectivity index (χ0v) is 15.1. The number of thiocarbonyl (C=S) groups is 1. The van der Waals surface area contributed by atoms with E-state index in [1.54, 1.807) is 0 Å². The number of carbonyl (C=O) groups excluding carboxylic acids is 1. The van der Waals surface area contributed by atoms with Crippen LogP contribution in [0, 0.1) is 5.92 Å². The smallest absolute Gasteiger partial charge is 0.241 e. The maximum absolute atomic E-state index is 12.2. The number of hydrogen-bond donors (Lipinski definition) is 4. The molecule has 0 aromatic heterocycles. The van der Waals surface area contributed by atoms with Crippen LogP contribution in [0.15, 0.2) is 30.3 Å². The Kier molecular flexibility index (Phi) is 9.98. The summed E-state index contributed by atoms with van der Waals surface area (Å²) in [7, 11) is 0. The van der Waals surface area contributed by atoms with Crippen LogP contribution in [-0.2, 0) is 9.53 Å². The molecule has 0 fully saturated rings. The van der Waals surface area contributed by atoms with Crippen LogP contribution in [0.5, 0.6) is 0 Å². The van der Waals surface area contributed by atoms with Crippen molar-refractivity contribution in [3.63, 3.8) is 0 Å². The van der Waals surface area contributed by atoms with Gasteiger partial charge in [-0.25, -0.2) is 0 Å². The average Bonchev–Trinajstić information content (AvgIpc) is 2.58. The summed E-state index contributed by atoms with van der Waals surface area (Å²) in [6.07, 6.45) is 1.23. The van der Waals surface area contributed by atoms with Gasteiger partial charge in [-0.15, -0.1) is 0 Å². The standard InChI is InChI=1S/C17H27N3O3S/c1-3-10-23-12-15(21)11-13(4-2)16(22)19-20-17(24)18-14-8-6-5-7-9-14/h5-9,13,15,21H,3-4,10-12H2,1-2H3,(H,19,22)(H2,18,20,24)/t13-,15+/m1/s1. The fourth-order valence-corrected chi connectivity index (χ4v) is 2.29. The molecule has 0 spiro atoms. The van der Waals surface area contributed by atoms with Gasteiger partial charge in [-0.3, -0.25) is 15.6 Å². The van der Waals surface area contributed by atoms with Crippen molar-refractivity contribution in [2.24, 2.45) is 5.92 Å². The Morgan fingerprint density at radius 1 is 1.25 bits per heavy atom. The van der Waals surface area contributed by atoms with Gasteiger partial charge in [-0.05, 0) is 43.6 Å². The summed E-state index contributed by atoms with van der Waals surface area (Å²) in [5.41, 5.74) is 6.09. The van der Waals surface area contributed by atoms with Crippen LogP contribution in [0.1, 0.15) is 33.1 Å². The van der Waals surface area contributed by atoms with Crippen LogP contribution in [-0.4, -0.2) is 35.4 Å². The molecule has 0 saturated carbocycles. The van der Waals surface area contributed by atoms with Gasteiger partial charge in [0.15, 0.2) is 5.11 Å². The Bertz CT molecular complexity index is 499. The molecule has 1 rings (SSSR count). The van der Waals surface area contributed by atoms with Crippen molar-refractivity contribution in [3.05, 3.63) is 30.3 Å². The number of hydrogen-bond acceptors (Lipinski definition) is 4. The average molecular weight is 353 g/mol. The number of anilines is 1. The summed E-state index contributed by atoms with van der Waals surface area (Å²) in [5, 5.41) is 13.2. The number of hydrazine groups is 1. The lowest BCUT2D eigenvalue weighted by Crippen LogP contribution is -2.46. The Morgan fingerprint density at radius 3 is 2.58 bits per heavy atom. The van der Waals surface area contributed by atoms with Crippen molar-refractivity contribution in [1.29, 1.82) is 0 Å². The van der Waals surface area contributed by atoms with E-state index in [0.29, 0.717) is 24.6 Å². The summed E-state index contributed by atoms with van der Waals surface area (Å²) < 4.78 is 5.31. The van der Waals surface area contributed by atoms with Crippen LogP contribution < -0.4 is 16.2 Å². The molecule has 1 amide bonds. The summed E-state index contributed by atoms with van der Waals surface area (Å²) >= 11 is 5.13. The second-order valence-electron chi connectivity index (χ2n) is 5.50. The number of nitrogens with one attached hydrogen (secondary N) is 3. The molecular formula is C17H27N3O3S. The third-order valence-corrected chi connectivity index (χ3v) is 3.61. The molecule has 6 nitrogen and oxygen atoms in total. The lowest BCUT2D eigenvalue weighted by molar-refractivity contribution is -0.127. The van der Waals surface area contributed by atoms with E-state index in [9.17, 15) is 9.90 Å². The Hall–Kier alpha value is -1.70. The normalized spacial score (nSPS) is 13.0. The van der Waals surface area contributed by atoms with Crippen LogP contribution in [0.2, 0.25) is 0 Å². The number of ether oxygens (including phenoxy) is 1. The van der Waals surface area contributed by atoms with Gasteiger partial charge in [0.1, 0.15) is 0 Å². The highest BCUT2D eigenvalue weighted by atomic mass is 32.1. The minimum atomic E-state index is -0.651. The van der Waals surface area contributed by atoms with Crippen molar-refractivity contribution >= 4 is 28.9 Å². The number of carbonyl (C=O) groups is 1. The molecule has 4 N–H and O–H groups in total. The highest BCUT2D eigenvalue weighted by Gasteiger charge is 2.20. The van der Waals surface area contributed by atoms with E-state index in [0.717, 1.165) is 12.1 Å². The molecule has 0 unspecified atom stereocenters. The third kappa shape index (κ3) is 8.24. The van der Waals surface area contributed by atoms with Crippen LogP contribution >= 0.6 is 12.2 Å². The number of amides is 1. The topological polar surface area (TPSA) is 82.6 Å². The van der Waals surface area contributed by atoms with Crippen LogP contribution in [0.4, 0.5) is 5.69 Å². The molecule has 134 valence electrons. The fourth-order valence-electron chi connectivity index (χ4n) is 2.12. The number of para-hydroxylation sites is 1. The molecule has 1 aromatic rings. The van der Waals surface area contributed by atoms with E-state index in [4.69, 9.17) is 17.0 Å². The molecule has 24 heavy (non-hydrogen) atoms. The van der Waals surface area contributed by atoms with Crippen LogP contribution in [0.25, 0.3) is 0 Å². The molecule has 0 bridgehead atoms. The Morgan fingerprint density at radius 2 is 1.96 bits per heavy atom. The van der Waals surface area contributed by atoms with Crippen molar-refractivity contribution in [2.75, 3.05) is 18.5 Å². The van der Waals surface area contributed by atoms with Gasteiger partial charge in [-0.2, -0.15) is 0 Å². The van der Waals surface area contributed by atoms with Gasteiger partial charge in [-0.1, -0.05) is 32.0 Å². The lowest BCUT2D eigenvalue weighted by atomic mass is 9.98. The number of aliphatic hydroxyl groups is 1. The van der Waals surface area contributed by atoms with Gasteiger partial charge in [0.25, 0.3) is 0 Å². The number of benzene rings is 1. The van der Waals surface area contributed by atoms with Crippen molar-refractivity contribution in [2.45, 2.75) is 39.2 Å².